The Labute approximate surface area is 170 Å². The normalized spacial score (nSPS) is 13.7. The summed E-state index contributed by atoms with van der Waals surface area (Å²) in [4.78, 5) is 19.8. The van der Waals surface area contributed by atoms with Crippen LogP contribution in [0.3, 0.4) is 0 Å². The first-order valence-corrected chi connectivity index (χ1v) is 9.23. The third-order valence-electron chi connectivity index (χ3n) is 3.93. The van der Waals surface area contributed by atoms with E-state index in [2.05, 4.69) is 11.9 Å². The van der Waals surface area contributed by atoms with Crippen molar-refractivity contribution in [3.8, 4) is 16.9 Å². The molecule has 0 aliphatic carbocycles. The monoisotopic (exact) mass is 402 g/mol. The molecule has 1 aliphatic rings. The molecule has 1 fully saturated rings. The van der Waals surface area contributed by atoms with Crippen LogP contribution < -0.4 is 5.32 Å². The topological polar surface area (TPSA) is 89.9 Å². The van der Waals surface area contributed by atoms with Crippen molar-refractivity contribution in [2.45, 2.75) is 25.3 Å². The number of nitrogens with zero attached hydrogens (tertiary/aromatic N) is 1. The minimum atomic E-state index is -0.657. The molecule has 7 heteroatoms. The number of aromatic hydroxyl groups is 1. The van der Waals surface area contributed by atoms with Crippen molar-refractivity contribution in [1.82, 2.24) is 10.4 Å². The van der Waals surface area contributed by atoms with Gasteiger partial charge in [0, 0.05) is 19.5 Å². The van der Waals surface area contributed by atoms with E-state index in [0.29, 0.717) is 31.5 Å². The van der Waals surface area contributed by atoms with Gasteiger partial charge in [0.25, 0.3) is 0 Å². The van der Waals surface area contributed by atoms with Gasteiger partial charge in [-0.25, -0.2) is 0 Å². The van der Waals surface area contributed by atoms with Gasteiger partial charge >= 0.3 is 0 Å². The van der Waals surface area contributed by atoms with E-state index in [0.717, 1.165) is 23.5 Å². The Balaban J connectivity index is 0.000000233. The number of nitrogens with one attached hydrogen (secondary N) is 1. The average Bonchev–Trinajstić information content (AvgIpc) is 3.20. The van der Waals surface area contributed by atoms with Crippen LogP contribution >= 0.6 is 0 Å². The second-order valence-corrected chi connectivity index (χ2v) is 6.33. The van der Waals surface area contributed by atoms with Gasteiger partial charge in [-0.05, 0) is 36.1 Å². The summed E-state index contributed by atoms with van der Waals surface area (Å²) >= 11 is 0. The number of hydrogen-bond acceptors (Lipinski definition) is 5. The number of amides is 1. The van der Waals surface area contributed by atoms with Crippen LogP contribution in [0.4, 0.5) is 4.48 Å². The molecule has 1 aliphatic heterocycles. The number of aliphatic hydroxyl groups excluding tert-OH is 1. The van der Waals surface area contributed by atoms with Gasteiger partial charge in [-0.15, -0.1) is 9.60 Å². The maximum absolute atomic E-state index is 11.8. The lowest BCUT2D eigenvalue weighted by atomic mass is 10.1. The minimum absolute atomic E-state index is 0.0717. The number of phenolic OH excluding ortho intramolecular Hbond substituents is 1. The van der Waals surface area contributed by atoms with Crippen molar-refractivity contribution in [2.75, 3.05) is 13.1 Å². The summed E-state index contributed by atoms with van der Waals surface area (Å²) < 4.78 is 11.8. The minimum Gasteiger partial charge on any atom is -0.513 e. The summed E-state index contributed by atoms with van der Waals surface area (Å²) in [5.41, 5.74) is 2.29. The van der Waals surface area contributed by atoms with E-state index in [-0.39, 0.29) is 12.2 Å². The van der Waals surface area contributed by atoms with Gasteiger partial charge in [-0.2, -0.15) is 0 Å². The first kappa shape index (κ1) is 23.8. The van der Waals surface area contributed by atoms with Crippen molar-refractivity contribution in [2.24, 2.45) is 0 Å². The molecule has 2 aromatic carbocycles. The van der Waals surface area contributed by atoms with Crippen LogP contribution in [-0.4, -0.2) is 47.2 Å². The number of benzene rings is 2. The molecule has 3 N–H and O–H groups in total. The number of carbonyl (C=O) groups is 2. The molecule has 0 saturated carbocycles. The van der Waals surface area contributed by atoms with Crippen LogP contribution in [0.15, 0.2) is 66.9 Å². The fourth-order valence-corrected chi connectivity index (χ4v) is 2.45. The van der Waals surface area contributed by atoms with Gasteiger partial charge in [-0.1, -0.05) is 49.0 Å². The van der Waals surface area contributed by atoms with Crippen LogP contribution in [0.1, 0.15) is 19.3 Å². The molecule has 1 heterocycles. The Morgan fingerprint density at radius 3 is 2.03 bits per heavy atom. The summed E-state index contributed by atoms with van der Waals surface area (Å²) in [5.74, 6) is 0.186. The number of phenols is 1. The highest BCUT2D eigenvalue weighted by molar-refractivity contribution is 5.64. The molecular formula is C22H27FN2O4. The van der Waals surface area contributed by atoms with E-state index < -0.39 is 6.04 Å². The molecule has 0 radical (unpaired) electrons. The number of aldehydes is 1. The molecule has 3 rings (SSSR count). The fourth-order valence-electron chi connectivity index (χ4n) is 2.45. The summed E-state index contributed by atoms with van der Waals surface area (Å²) in [6, 6.07) is 16.6. The molecule has 1 saturated heterocycles. The molecule has 1 amide bonds. The van der Waals surface area contributed by atoms with Crippen molar-refractivity contribution >= 4 is 12.7 Å². The number of rotatable bonds is 6. The third-order valence-corrected chi connectivity index (χ3v) is 3.93. The van der Waals surface area contributed by atoms with E-state index in [1.54, 1.807) is 12.1 Å². The molecule has 2 aromatic rings. The maximum Gasteiger partial charge on any atom is 0.207 e. The Hall–Kier alpha value is -3.19. The number of carbonyl (C=O) groups excluding carboxylic acids is 2. The second-order valence-electron chi connectivity index (χ2n) is 6.33. The third kappa shape index (κ3) is 10.7. The molecule has 0 bridgehead atoms. The molecule has 1 atom stereocenters. The van der Waals surface area contributed by atoms with Crippen LogP contribution in [0.2, 0.25) is 0 Å². The number of aliphatic hydroxyl groups is 1. The number of hydrogen-bond donors (Lipinski definition) is 3. The highest BCUT2D eigenvalue weighted by Gasteiger charge is 2.07. The molecule has 0 aromatic heterocycles. The van der Waals surface area contributed by atoms with Gasteiger partial charge in [-0.3, -0.25) is 4.79 Å². The summed E-state index contributed by atoms with van der Waals surface area (Å²) in [7, 11) is 0. The first-order chi connectivity index (χ1) is 14.0. The molecule has 156 valence electrons. The van der Waals surface area contributed by atoms with Crippen molar-refractivity contribution in [3.05, 3.63) is 66.9 Å². The van der Waals surface area contributed by atoms with Crippen molar-refractivity contribution in [3.63, 3.8) is 0 Å². The molecular weight excluding hydrogens is 375 g/mol. The van der Waals surface area contributed by atoms with Crippen molar-refractivity contribution in [1.29, 1.82) is 0 Å². The lowest BCUT2D eigenvalue weighted by Crippen LogP contribution is -2.29. The van der Waals surface area contributed by atoms with Gasteiger partial charge in [0.1, 0.15) is 12.0 Å². The van der Waals surface area contributed by atoms with E-state index >= 15 is 0 Å². The van der Waals surface area contributed by atoms with Gasteiger partial charge < -0.3 is 20.3 Å². The highest BCUT2D eigenvalue weighted by Crippen LogP contribution is 2.20. The van der Waals surface area contributed by atoms with Gasteiger partial charge in [0.15, 0.2) is 0 Å². The van der Waals surface area contributed by atoms with Crippen LogP contribution in [0.5, 0.6) is 5.75 Å². The summed E-state index contributed by atoms with van der Waals surface area (Å²) in [5, 5.41) is 20.7. The highest BCUT2D eigenvalue weighted by atomic mass is 19.2. The standard InChI is InChI=1S/C12H10O.C6H9NO3.C4H8FN/c13-12-8-6-11(7-9-12)10-4-2-1-3-5-10;1-5(10)2-6(3-8)7-4-9;5-6-3-1-2-4-6/h1-9,13H;3-4,6,10H,1-2H2,(H,7,9);1-4H2. The molecule has 6 nitrogen and oxygen atoms in total. The zero-order chi connectivity index (χ0) is 21.5. The SMILES string of the molecule is C=C(O)CC(C=O)NC=O.FN1CCCC1.Oc1ccc(-c2ccccc2)cc1. The fraction of sp³-hybridized carbons (Fsp3) is 0.273. The average molecular weight is 402 g/mol. The Morgan fingerprint density at radius 2 is 1.62 bits per heavy atom. The Kier molecular flexibility index (Phi) is 11.4. The predicted molar refractivity (Wildman–Crippen MR) is 111 cm³/mol. The quantitative estimate of drug-likeness (QED) is 0.389. The lowest BCUT2D eigenvalue weighted by molar-refractivity contribution is -0.115. The van der Waals surface area contributed by atoms with Crippen LogP contribution in [-0.2, 0) is 9.59 Å². The van der Waals surface area contributed by atoms with E-state index in [1.165, 1.54) is 5.56 Å². The smallest absolute Gasteiger partial charge is 0.207 e. The van der Waals surface area contributed by atoms with E-state index in [9.17, 15) is 14.1 Å². The van der Waals surface area contributed by atoms with E-state index in [1.807, 2.05) is 42.5 Å². The van der Waals surface area contributed by atoms with E-state index in [4.69, 9.17) is 10.2 Å². The summed E-state index contributed by atoms with van der Waals surface area (Å²) in [6.07, 6.45) is 3.09. The number of halogens is 1. The van der Waals surface area contributed by atoms with Gasteiger partial charge in [0.2, 0.25) is 6.41 Å². The Morgan fingerprint density at radius 1 is 1.07 bits per heavy atom. The zero-order valence-electron chi connectivity index (χ0n) is 16.2. The maximum atomic E-state index is 11.8. The lowest BCUT2D eigenvalue weighted by Gasteiger charge is -2.05. The summed E-state index contributed by atoms with van der Waals surface area (Å²) in [6.45, 7) is 4.47. The predicted octanol–water partition coefficient (Wildman–Crippen LogP) is 3.79. The van der Waals surface area contributed by atoms with Crippen LogP contribution in [0, 0.1) is 0 Å². The zero-order valence-corrected chi connectivity index (χ0v) is 16.2. The first-order valence-electron chi connectivity index (χ1n) is 9.23. The molecule has 1 unspecified atom stereocenters. The Bertz CT molecular complexity index is 732. The van der Waals surface area contributed by atoms with Gasteiger partial charge in [0.05, 0.1) is 11.8 Å². The molecule has 0 spiro atoms. The van der Waals surface area contributed by atoms with Crippen LogP contribution in [0.25, 0.3) is 11.1 Å². The van der Waals surface area contributed by atoms with Crippen molar-refractivity contribution < 1.29 is 24.3 Å². The largest absolute Gasteiger partial charge is 0.513 e. The second kappa shape index (κ2) is 13.9. The molecule has 29 heavy (non-hydrogen) atoms.